The van der Waals surface area contributed by atoms with Gasteiger partial charge < -0.3 is 10.1 Å². The Hall–Kier alpha value is -2.08. The van der Waals surface area contributed by atoms with Crippen molar-refractivity contribution < 1.29 is 14.3 Å². The van der Waals surface area contributed by atoms with Gasteiger partial charge in [-0.25, -0.2) is 5.01 Å². The summed E-state index contributed by atoms with van der Waals surface area (Å²) in [6, 6.07) is 7.65. The van der Waals surface area contributed by atoms with Crippen LogP contribution in [-0.4, -0.2) is 41.6 Å². The quantitative estimate of drug-likeness (QED) is 0.712. The van der Waals surface area contributed by atoms with Gasteiger partial charge in [-0.3, -0.25) is 15.0 Å². The number of nitrogens with zero attached hydrogens (tertiary/aromatic N) is 1. The first kappa shape index (κ1) is 20.5. The summed E-state index contributed by atoms with van der Waals surface area (Å²) in [5.74, 6) is 3.77. The van der Waals surface area contributed by atoms with Gasteiger partial charge in [0.05, 0.1) is 0 Å². The number of carbonyl (C=O) groups excluding carboxylic acids is 2. The number of piperidine rings is 1. The SMILES string of the molecule is O=C(NC12CC3CC(CC(C3)C1)C2)c1ccc(OC2CCN(NC(=O)C3CC3)CC2)cc1. The molecule has 7 rings (SSSR count). The highest BCUT2D eigenvalue weighted by atomic mass is 16.5. The van der Waals surface area contributed by atoms with Crippen molar-refractivity contribution in [2.75, 3.05) is 13.1 Å². The van der Waals surface area contributed by atoms with Crippen molar-refractivity contribution in [2.24, 2.45) is 23.7 Å². The van der Waals surface area contributed by atoms with Gasteiger partial charge in [-0.05, 0) is 106 Å². The highest BCUT2D eigenvalue weighted by Crippen LogP contribution is 2.55. The molecule has 32 heavy (non-hydrogen) atoms. The van der Waals surface area contributed by atoms with Crippen molar-refractivity contribution in [3.05, 3.63) is 29.8 Å². The first-order valence-corrected chi connectivity index (χ1v) is 12.7. The highest BCUT2D eigenvalue weighted by Gasteiger charge is 2.51. The van der Waals surface area contributed by atoms with Gasteiger partial charge in [0.25, 0.3) is 5.91 Å². The first-order chi connectivity index (χ1) is 15.5. The van der Waals surface area contributed by atoms with Crippen LogP contribution in [0.15, 0.2) is 24.3 Å². The summed E-state index contributed by atoms with van der Waals surface area (Å²) in [5, 5.41) is 5.48. The zero-order valence-electron chi connectivity index (χ0n) is 18.9. The molecule has 6 fully saturated rings. The minimum absolute atomic E-state index is 0.0455. The molecule has 0 aromatic heterocycles. The lowest BCUT2D eigenvalue weighted by Gasteiger charge is -2.56. The summed E-state index contributed by atoms with van der Waals surface area (Å²) in [4.78, 5) is 24.9. The van der Waals surface area contributed by atoms with Gasteiger partial charge >= 0.3 is 0 Å². The number of hydrazine groups is 1. The monoisotopic (exact) mass is 437 g/mol. The van der Waals surface area contributed by atoms with E-state index in [1.807, 2.05) is 29.3 Å². The Labute approximate surface area is 190 Å². The molecule has 172 valence electrons. The van der Waals surface area contributed by atoms with E-state index in [1.54, 1.807) is 0 Å². The third-order valence-electron chi connectivity index (χ3n) is 8.49. The zero-order chi connectivity index (χ0) is 21.7. The molecule has 1 aromatic rings. The number of rotatable bonds is 6. The fourth-order valence-electron chi connectivity index (χ4n) is 7.13. The van der Waals surface area contributed by atoms with Crippen molar-refractivity contribution in [3.8, 4) is 5.75 Å². The standard InChI is InChI=1S/C26H35N3O3/c30-24(27-26-14-17-11-18(15-26)13-19(12-17)16-26)20-3-5-22(6-4-20)32-23-7-9-29(10-8-23)28-25(31)21-1-2-21/h3-6,17-19,21,23H,1-2,7-16H2,(H,27,30)(H,28,31). The molecular weight excluding hydrogens is 402 g/mol. The minimum Gasteiger partial charge on any atom is -0.490 e. The van der Waals surface area contributed by atoms with E-state index in [1.165, 1.54) is 38.5 Å². The van der Waals surface area contributed by atoms with Crippen LogP contribution in [0.25, 0.3) is 0 Å². The van der Waals surface area contributed by atoms with Gasteiger partial charge in [0.1, 0.15) is 11.9 Å². The largest absolute Gasteiger partial charge is 0.490 e. The molecule has 6 aliphatic rings. The molecule has 0 atom stereocenters. The van der Waals surface area contributed by atoms with Gasteiger partial charge in [-0.15, -0.1) is 0 Å². The maximum atomic E-state index is 13.0. The van der Waals surface area contributed by atoms with E-state index in [0.29, 0.717) is 0 Å². The average Bonchev–Trinajstić information content (AvgIpc) is 3.60. The number of benzene rings is 1. The number of hydrogen-bond donors (Lipinski definition) is 2. The summed E-state index contributed by atoms with van der Waals surface area (Å²) < 4.78 is 6.17. The Kier molecular flexibility index (Phi) is 5.16. The molecule has 1 aromatic carbocycles. The molecule has 2 amide bonds. The minimum atomic E-state index is 0.0455. The maximum Gasteiger partial charge on any atom is 0.251 e. The second-order valence-corrected chi connectivity index (χ2v) is 11.2. The van der Waals surface area contributed by atoms with E-state index in [9.17, 15) is 9.59 Å². The molecule has 5 saturated carbocycles. The zero-order valence-corrected chi connectivity index (χ0v) is 18.9. The van der Waals surface area contributed by atoms with E-state index >= 15 is 0 Å². The Bertz CT molecular complexity index is 836. The van der Waals surface area contributed by atoms with Crippen LogP contribution >= 0.6 is 0 Å². The Morgan fingerprint density at radius 3 is 2.03 bits per heavy atom. The van der Waals surface area contributed by atoms with E-state index < -0.39 is 0 Å². The fourth-order valence-corrected chi connectivity index (χ4v) is 7.13. The molecule has 5 aliphatic carbocycles. The summed E-state index contributed by atoms with van der Waals surface area (Å²) >= 11 is 0. The molecular formula is C26H35N3O3. The smallest absolute Gasteiger partial charge is 0.251 e. The van der Waals surface area contributed by atoms with Crippen LogP contribution in [0.5, 0.6) is 5.75 Å². The molecule has 0 spiro atoms. The van der Waals surface area contributed by atoms with Crippen LogP contribution in [0.3, 0.4) is 0 Å². The molecule has 0 unspecified atom stereocenters. The van der Waals surface area contributed by atoms with Crippen LogP contribution in [-0.2, 0) is 4.79 Å². The van der Waals surface area contributed by atoms with Gasteiger partial charge in [-0.2, -0.15) is 0 Å². The Morgan fingerprint density at radius 2 is 1.47 bits per heavy atom. The molecule has 6 heteroatoms. The van der Waals surface area contributed by atoms with E-state index in [4.69, 9.17) is 4.74 Å². The van der Waals surface area contributed by atoms with E-state index in [2.05, 4.69) is 10.7 Å². The predicted octanol–water partition coefficient (Wildman–Crippen LogP) is 3.67. The number of hydrogen-bond acceptors (Lipinski definition) is 4. The maximum absolute atomic E-state index is 13.0. The molecule has 1 heterocycles. The third-order valence-corrected chi connectivity index (χ3v) is 8.49. The summed E-state index contributed by atoms with van der Waals surface area (Å²) in [6.07, 6.45) is 11.6. The van der Waals surface area contributed by atoms with Crippen LogP contribution in [0.1, 0.15) is 74.6 Å². The van der Waals surface area contributed by atoms with Crippen molar-refractivity contribution in [2.45, 2.75) is 75.9 Å². The van der Waals surface area contributed by atoms with Gasteiger partial charge in [0, 0.05) is 30.1 Å². The third kappa shape index (κ3) is 4.26. The van der Waals surface area contributed by atoms with Gasteiger partial charge in [0.2, 0.25) is 5.91 Å². The topological polar surface area (TPSA) is 70.7 Å². The van der Waals surface area contributed by atoms with Crippen LogP contribution in [0.4, 0.5) is 0 Å². The van der Waals surface area contributed by atoms with Crippen molar-refractivity contribution in [1.29, 1.82) is 0 Å². The number of ether oxygens (including phenoxy) is 1. The molecule has 6 nitrogen and oxygen atoms in total. The lowest BCUT2D eigenvalue weighted by Crippen LogP contribution is -2.59. The molecule has 1 aliphatic heterocycles. The highest BCUT2D eigenvalue weighted by molar-refractivity contribution is 5.94. The summed E-state index contributed by atoms with van der Waals surface area (Å²) in [7, 11) is 0. The number of nitrogens with one attached hydrogen (secondary N) is 2. The summed E-state index contributed by atoms with van der Waals surface area (Å²) in [6.45, 7) is 1.63. The van der Waals surface area contributed by atoms with Crippen LogP contribution in [0.2, 0.25) is 0 Å². The fraction of sp³-hybridized carbons (Fsp3) is 0.692. The number of amides is 2. The molecule has 4 bridgehead atoms. The lowest BCUT2D eigenvalue weighted by molar-refractivity contribution is -0.128. The van der Waals surface area contributed by atoms with Gasteiger partial charge in [-0.1, -0.05) is 0 Å². The molecule has 2 N–H and O–H groups in total. The van der Waals surface area contributed by atoms with Crippen molar-refractivity contribution in [3.63, 3.8) is 0 Å². The average molecular weight is 438 g/mol. The lowest BCUT2D eigenvalue weighted by atomic mass is 9.53. The first-order valence-electron chi connectivity index (χ1n) is 12.7. The van der Waals surface area contributed by atoms with E-state index in [-0.39, 0.29) is 29.4 Å². The van der Waals surface area contributed by atoms with Crippen molar-refractivity contribution >= 4 is 11.8 Å². The normalized spacial score (nSPS) is 34.3. The number of carbonyl (C=O) groups is 2. The van der Waals surface area contributed by atoms with Crippen LogP contribution < -0.4 is 15.5 Å². The molecule has 1 saturated heterocycles. The summed E-state index contributed by atoms with van der Waals surface area (Å²) in [5.41, 5.74) is 3.81. The van der Waals surface area contributed by atoms with Gasteiger partial charge in [0.15, 0.2) is 0 Å². The van der Waals surface area contributed by atoms with E-state index in [0.717, 1.165) is 67.8 Å². The van der Waals surface area contributed by atoms with Crippen LogP contribution in [0, 0.1) is 23.7 Å². The second-order valence-electron chi connectivity index (χ2n) is 11.2. The second kappa shape index (κ2) is 8.05. The Morgan fingerprint density at radius 1 is 0.875 bits per heavy atom. The molecule has 0 radical (unpaired) electrons. The van der Waals surface area contributed by atoms with Crippen molar-refractivity contribution in [1.82, 2.24) is 15.8 Å². The predicted molar refractivity (Wildman–Crippen MR) is 121 cm³/mol. The Balaban J connectivity index is 1.00.